The summed E-state index contributed by atoms with van der Waals surface area (Å²) in [5.41, 5.74) is 10.2. The van der Waals surface area contributed by atoms with E-state index in [1.54, 1.807) is 0 Å². The molecule has 4 heteroatoms. The Balaban J connectivity index is 2.43. The van der Waals surface area contributed by atoms with Gasteiger partial charge in [-0.05, 0) is 44.9 Å². The Kier molecular flexibility index (Phi) is 3.19. The molecule has 3 N–H and O–H groups in total. The maximum absolute atomic E-state index is 5.85. The van der Waals surface area contributed by atoms with Crippen LogP contribution in [0.5, 0.6) is 0 Å². The van der Waals surface area contributed by atoms with Crippen LogP contribution in [0, 0.1) is 27.7 Å². The average Bonchev–Trinajstić information content (AvgIpc) is 2.31. The molecule has 0 unspecified atom stereocenters. The molecule has 1 heterocycles. The van der Waals surface area contributed by atoms with Crippen LogP contribution in [0.1, 0.15) is 22.5 Å². The molecule has 0 saturated carbocycles. The van der Waals surface area contributed by atoms with Crippen LogP contribution in [-0.2, 0) is 0 Å². The molecule has 0 atom stereocenters. The number of hydrogen-bond donors (Lipinski definition) is 2. The van der Waals surface area contributed by atoms with Gasteiger partial charge in [-0.25, -0.2) is 9.97 Å². The molecule has 0 amide bonds. The lowest BCUT2D eigenvalue weighted by Crippen LogP contribution is -2.05. The SMILES string of the molecule is Cc1nc(N)c(C)c(Nc2cccc(C)c2C)n1. The van der Waals surface area contributed by atoms with Crippen LogP contribution in [0.25, 0.3) is 0 Å². The number of aromatic nitrogens is 2. The fourth-order valence-corrected chi connectivity index (χ4v) is 1.79. The van der Waals surface area contributed by atoms with Crippen molar-refractivity contribution >= 4 is 17.3 Å². The zero-order valence-corrected chi connectivity index (χ0v) is 11.2. The number of nitrogens with one attached hydrogen (secondary N) is 1. The van der Waals surface area contributed by atoms with Gasteiger partial charge in [0.1, 0.15) is 17.5 Å². The van der Waals surface area contributed by atoms with E-state index in [-0.39, 0.29) is 0 Å². The van der Waals surface area contributed by atoms with Gasteiger partial charge in [0.25, 0.3) is 0 Å². The fourth-order valence-electron chi connectivity index (χ4n) is 1.79. The third-order valence-electron chi connectivity index (χ3n) is 3.15. The molecule has 1 aromatic carbocycles. The highest BCUT2D eigenvalue weighted by atomic mass is 15.1. The minimum atomic E-state index is 0.523. The minimum Gasteiger partial charge on any atom is -0.383 e. The molecule has 0 aliphatic rings. The fraction of sp³-hybridized carbons (Fsp3) is 0.286. The standard InChI is InChI=1S/C14H18N4/c1-8-6-5-7-12(9(8)2)18-14-10(3)13(15)16-11(4)17-14/h5-7H,1-4H3,(H3,15,16,17,18). The first-order chi connectivity index (χ1) is 8.49. The first-order valence-corrected chi connectivity index (χ1v) is 5.93. The van der Waals surface area contributed by atoms with Gasteiger partial charge in [-0.15, -0.1) is 0 Å². The smallest absolute Gasteiger partial charge is 0.139 e. The number of aryl methyl sites for hydroxylation is 2. The largest absolute Gasteiger partial charge is 0.383 e. The molecule has 0 aliphatic carbocycles. The second kappa shape index (κ2) is 4.64. The van der Waals surface area contributed by atoms with Gasteiger partial charge >= 0.3 is 0 Å². The summed E-state index contributed by atoms with van der Waals surface area (Å²) in [6.45, 7) is 7.93. The molecule has 1 aromatic heterocycles. The Morgan fingerprint density at radius 2 is 1.72 bits per heavy atom. The molecule has 0 saturated heterocycles. The third kappa shape index (κ3) is 2.27. The lowest BCUT2D eigenvalue weighted by molar-refractivity contribution is 1.04. The van der Waals surface area contributed by atoms with Crippen molar-refractivity contribution in [2.75, 3.05) is 11.1 Å². The van der Waals surface area contributed by atoms with Crippen LogP contribution in [0.15, 0.2) is 18.2 Å². The van der Waals surface area contributed by atoms with Crippen LogP contribution < -0.4 is 11.1 Å². The highest BCUT2D eigenvalue weighted by Gasteiger charge is 2.08. The normalized spacial score (nSPS) is 10.4. The van der Waals surface area contributed by atoms with Gasteiger partial charge in [-0.1, -0.05) is 12.1 Å². The second-order valence-electron chi connectivity index (χ2n) is 4.50. The molecule has 0 spiro atoms. The second-order valence-corrected chi connectivity index (χ2v) is 4.50. The van der Waals surface area contributed by atoms with E-state index in [1.165, 1.54) is 11.1 Å². The van der Waals surface area contributed by atoms with Gasteiger partial charge in [0, 0.05) is 11.3 Å². The van der Waals surface area contributed by atoms with Crippen molar-refractivity contribution < 1.29 is 0 Å². The summed E-state index contributed by atoms with van der Waals surface area (Å²) in [7, 11) is 0. The van der Waals surface area contributed by atoms with E-state index in [9.17, 15) is 0 Å². The molecule has 18 heavy (non-hydrogen) atoms. The van der Waals surface area contributed by atoms with Crippen molar-refractivity contribution in [2.24, 2.45) is 0 Å². The van der Waals surface area contributed by atoms with E-state index in [0.717, 1.165) is 17.1 Å². The van der Waals surface area contributed by atoms with Gasteiger partial charge in [0.2, 0.25) is 0 Å². The molecule has 2 rings (SSSR count). The Labute approximate surface area is 107 Å². The minimum absolute atomic E-state index is 0.523. The Morgan fingerprint density at radius 3 is 2.44 bits per heavy atom. The quantitative estimate of drug-likeness (QED) is 0.849. The lowest BCUT2D eigenvalue weighted by atomic mass is 10.1. The highest BCUT2D eigenvalue weighted by Crippen LogP contribution is 2.25. The Bertz CT molecular complexity index is 591. The monoisotopic (exact) mass is 242 g/mol. The molecule has 2 aromatic rings. The summed E-state index contributed by atoms with van der Waals surface area (Å²) in [5, 5.41) is 3.33. The van der Waals surface area contributed by atoms with Gasteiger partial charge in [0.15, 0.2) is 0 Å². The summed E-state index contributed by atoms with van der Waals surface area (Å²) < 4.78 is 0. The van der Waals surface area contributed by atoms with Gasteiger partial charge in [-0.3, -0.25) is 0 Å². The first-order valence-electron chi connectivity index (χ1n) is 5.93. The summed E-state index contributed by atoms with van der Waals surface area (Å²) in [5.74, 6) is 1.97. The maximum Gasteiger partial charge on any atom is 0.139 e. The zero-order valence-electron chi connectivity index (χ0n) is 11.2. The average molecular weight is 242 g/mol. The molecule has 0 fully saturated rings. The summed E-state index contributed by atoms with van der Waals surface area (Å²) in [4.78, 5) is 8.54. The number of benzene rings is 1. The third-order valence-corrected chi connectivity index (χ3v) is 3.15. The van der Waals surface area contributed by atoms with E-state index in [1.807, 2.05) is 26.0 Å². The van der Waals surface area contributed by atoms with E-state index >= 15 is 0 Å². The van der Waals surface area contributed by atoms with Crippen LogP contribution in [0.2, 0.25) is 0 Å². The predicted molar refractivity (Wildman–Crippen MR) is 75.1 cm³/mol. The molecular formula is C14H18N4. The summed E-state index contributed by atoms with van der Waals surface area (Å²) >= 11 is 0. The van der Waals surface area contributed by atoms with Crippen molar-refractivity contribution in [1.82, 2.24) is 9.97 Å². The number of nitrogens with zero attached hydrogens (tertiary/aromatic N) is 2. The van der Waals surface area contributed by atoms with Crippen molar-refractivity contribution in [2.45, 2.75) is 27.7 Å². The number of anilines is 3. The Morgan fingerprint density at radius 1 is 1.00 bits per heavy atom. The number of nitrogen functional groups attached to an aromatic ring is 1. The van der Waals surface area contributed by atoms with Crippen molar-refractivity contribution in [1.29, 1.82) is 0 Å². The molecule has 0 bridgehead atoms. The lowest BCUT2D eigenvalue weighted by Gasteiger charge is -2.13. The van der Waals surface area contributed by atoms with Gasteiger partial charge in [-0.2, -0.15) is 0 Å². The van der Waals surface area contributed by atoms with Crippen LogP contribution in [0.4, 0.5) is 17.3 Å². The van der Waals surface area contributed by atoms with E-state index < -0.39 is 0 Å². The van der Waals surface area contributed by atoms with E-state index in [2.05, 4.69) is 35.2 Å². The van der Waals surface area contributed by atoms with Crippen molar-refractivity contribution in [3.63, 3.8) is 0 Å². The van der Waals surface area contributed by atoms with Crippen molar-refractivity contribution in [3.8, 4) is 0 Å². The number of hydrogen-bond acceptors (Lipinski definition) is 4. The van der Waals surface area contributed by atoms with Crippen molar-refractivity contribution in [3.05, 3.63) is 40.7 Å². The van der Waals surface area contributed by atoms with Crippen LogP contribution >= 0.6 is 0 Å². The number of rotatable bonds is 2. The maximum atomic E-state index is 5.85. The van der Waals surface area contributed by atoms with Crippen LogP contribution in [-0.4, -0.2) is 9.97 Å². The number of nitrogens with two attached hydrogens (primary N) is 1. The summed E-state index contributed by atoms with van der Waals surface area (Å²) in [6.07, 6.45) is 0. The van der Waals surface area contributed by atoms with Gasteiger partial charge < -0.3 is 11.1 Å². The molecule has 94 valence electrons. The van der Waals surface area contributed by atoms with E-state index in [4.69, 9.17) is 5.73 Å². The first kappa shape index (κ1) is 12.4. The molecular weight excluding hydrogens is 224 g/mol. The topological polar surface area (TPSA) is 63.8 Å². The zero-order chi connectivity index (χ0) is 13.3. The van der Waals surface area contributed by atoms with E-state index in [0.29, 0.717) is 11.6 Å². The molecule has 0 aliphatic heterocycles. The van der Waals surface area contributed by atoms with Gasteiger partial charge in [0.05, 0.1) is 0 Å². The van der Waals surface area contributed by atoms with Crippen LogP contribution in [0.3, 0.4) is 0 Å². The predicted octanol–water partition coefficient (Wildman–Crippen LogP) is 3.04. The Hall–Kier alpha value is -2.10. The molecule has 4 nitrogen and oxygen atoms in total. The summed E-state index contributed by atoms with van der Waals surface area (Å²) in [6, 6.07) is 6.15. The highest BCUT2D eigenvalue weighted by molar-refractivity contribution is 5.66. The molecule has 0 radical (unpaired) electrons.